The number of aryl methyl sites for hydroxylation is 1. The summed E-state index contributed by atoms with van der Waals surface area (Å²) in [5.41, 5.74) is 2.76. The van der Waals surface area contributed by atoms with Crippen molar-refractivity contribution in [1.82, 2.24) is 0 Å². The van der Waals surface area contributed by atoms with Crippen LogP contribution in [-0.4, -0.2) is 5.91 Å². The van der Waals surface area contributed by atoms with E-state index >= 15 is 0 Å². The summed E-state index contributed by atoms with van der Waals surface area (Å²) in [5, 5.41) is 14.4. The molecule has 1 N–H and O–H groups in total. The van der Waals surface area contributed by atoms with Gasteiger partial charge in [-0.2, -0.15) is 5.26 Å². The van der Waals surface area contributed by atoms with E-state index < -0.39 is 5.91 Å². The fraction of sp³-hybridized carbons (Fsp3) is 0.0370. The fourth-order valence-corrected chi connectivity index (χ4v) is 3.97. The van der Waals surface area contributed by atoms with Gasteiger partial charge in [0.2, 0.25) is 0 Å². The van der Waals surface area contributed by atoms with Gasteiger partial charge in [-0.15, -0.1) is 0 Å². The summed E-state index contributed by atoms with van der Waals surface area (Å²) >= 11 is 1.67. The molecule has 0 saturated carbocycles. The van der Waals surface area contributed by atoms with Crippen LogP contribution in [0.3, 0.4) is 0 Å². The summed E-state index contributed by atoms with van der Waals surface area (Å²) in [6.07, 6.45) is 1.61. The standard InChI is InChI=1S/C27H20N2OS/c1-19-6-12-25(13-7-19)31-26-14-8-20(9-15-26)16-23(18-28)27(30)29-24-11-10-21-4-2-3-5-22(21)17-24/h2-17H,1H3,(H,29,30)/b23-16+. The first-order valence-corrected chi connectivity index (χ1v) is 10.7. The third-order valence-electron chi connectivity index (χ3n) is 4.82. The number of hydrogen-bond acceptors (Lipinski definition) is 3. The molecule has 0 radical (unpaired) electrons. The smallest absolute Gasteiger partial charge is 0.266 e. The van der Waals surface area contributed by atoms with Crippen molar-refractivity contribution in [3.63, 3.8) is 0 Å². The molecule has 0 aliphatic carbocycles. The number of rotatable bonds is 5. The number of carbonyl (C=O) groups is 1. The molecule has 0 spiro atoms. The molecule has 1 amide bonds. The minimum absolute atomic E-state index is 0.0621. The van der Waals surface area contributed by atoms with Crippen LogP contribution in [0.4, 0.5) is 5.69 Å². The summed E-state index contributed by atoms with van der Waals surface area (Å²) in [6.45, 7) is 2.07. The molecule has 0 aromatic heterocycles. The van der Waals surface area contributed by atoms with Crippen molar-refractivity contribution in [2.45, 2.75) is 16.7 Å². The summed E-state index contributed by atoms with van der Waals surface area (Å²) in [5.74, 6) is -0.420. The largest absolute Gasteiger partial charge is 0.321 e. The molecule has 0 atom stereocenters. The molecule has 0 heterocycles. The molecular weight excluding hydrogens is 400 g/mol. The second kappa shape index (κ2) is 9.34. The topological polar surface area (TPSA) is 52.9 Å². The molecule has 3 nitrogen and oxygen atoms in total. The third-order valence-corrected chi connectivity index (χ3v) is 5.84. The lowest BCUT2D eigenvalue weighted by Crippen LogP contribution is -2.13. The van der Waals surface area contributed by atoms with Gasteiger partial charge in [-0.1, -0.05) is 71.9 Å². The van der Waals surface area contributed by atoms with E-state index in [2.05, 4.69) is 36.5 Å². The van der Waals surface area contributed by atoms with Gasteiger partial charge in [0, 0.05) is 15.5 Å². The maximum Gasteiger partial charge on any atom is 0.266 e. The number of anilines is 1. The predicted molar refractivity (Wildman–Crippen MR) is 128 cm³/mol. The molecule has 0 bridgehead atoms. The van der Waals surface area contributed by atoms with E-state index in [1.54, 1.807) is 17.8 Å². The number of fused-ring (bicyclic) bond motifs is 1. The Hall–Kier alpha value is -3.81. The average molecular weight is 421 g/mol. The van der Waals surface area contributed by atoms with Crippen LogP contribution < -0.4 is 5.32 Å². The summed E-state index contributed by atoms with van der Waals surface area (Å²) in [6, 6.07) is 31.8. The number of carbonyl (C=O) groups excluding carboxylic acids is 1. The Labute approximate surface area is 186 Å². The van der Waals surface area contributed by atoms with E-state index in [1.165, 1.54) is 10.5 Å². The zero-order valence-electron chi connectivity index (χ0n) is 17.0. The number of benzene rings is 4. The number of nitrogens with one attached hydrogen (secondary N) is 1. The Balaban J connectivity index is 1.47. The van der Waals surface area contributed by atoms with Crippen LogP contribution >= 0.6 is 11.8 Å². The Morgan fingerprint density at radius 1 is 0.871 bits per heavy atom. The molecule has 31 heavy (non-hydrogen) atoms. The third kappa shape index (κ3) is 5.22. The Kier molecular flexibility index (Phi) is 6.16. The van der Waals surface area contributed by atoms with E-state index in [0.717, 1.165) is 21.2 Å². The first-order valence-electron chi connectivity index (χ1n) is 9.87. The Morgan fingerprint density at radius 3 is 2.19 bits per heavy atom. The van der Waals surface area contributed by atoms with E-state index in [9.17, 15) is 10.1 Å². The highest BCUT2D eigenvalue weighted by Crippen LogP contribution is 2.28. The lowest BCUT2D eigenvalue weighted by Gasteiger charge is -2.06. The highest BCUT2D eigenvalue weighted by molar-refractivity contribution is 7.99. The van der Waals surface area contributed by atoms with Gasteiger partial charge in [-0.05, 0) is 65.7 Å². The molecule has 4 aromatic rings. The molecule has 0 fully saturated rings. The van der Waals surface area contributed by atoms with Crippen LogP contribution in [0.5, 0.6) is 0 Å². The van der Waals surface area contributed by atoms with Crippen molar-refractivity contribution in [3.8, 4) is 6.07 Å². The zero-order chi connectivity index (χ0) is 21.6. The van der Waals surface area contributed by atoms with Crippen molar-refractivity contribution in [3.05, 3.63) is 108 Å². The molecule has 0 aliphatic rings. The Morgan fingerprint density at radius 2 is 1.52 bits per heavy atom. The maximum atomic E-state index is 12.6. The molecule has 0 aliphatic heterocycles. The first kappa shape index (κ1) is 20.5. The molecule has 0 saturated heterocycles. The predicted octanol–water partition coefficient (Wildman–Crippen LogP) is 6.85. The molecule has 4 aromatic carbocycles. The monoisotopic (exact) mass is 420 g/mol. The van der Waals surface area contributed by atoms with E-state index in [4.69, 9.17) is 0 Å². The lowest BCUT2D eigenvalue weighted by atomic mass is 10.1. The second-order valence-electron chi connectivity index (χ2n) is 7.17. The van der Waals surface area contributed by atoms with Gasteiger partial charge in [-0.3, -0.25) is 4.79 Å². The average Bonchev–Trinajstić information content (AvgIpc) is 2.80. The summed E-state index contributed by atoms with van der Waals surface area (Å²) in [7, 11) is 0. The van der Waals surface area contributed by atoms with Crippen molar-refractivity contribution in [1.29, 1.82) is 5.26 Å². The lowest BCUT2D eigenvalue weighted by molar-refractivity contribution is -0.112. The minimum Gasteiger partial charge on any atom is -0.321 e. The number of nitrogens with zero attached hydrogens (tertiary/aromatic N) is 1. The van der Waals surface area contributed by atoms with Gasteiger partial charge >= 0.3 is 0 Å². The van der Waals surface area contributed by atoms with Gasteiger partial charge in [0.15, 0.2) is 0 Å². The summed E-state index contributed by atoms with van der Waals surface area (Å²) < 4.78 is 0. The van der Waals surface area contributed by atoms with Crippen molar-refractivity contribution in [2.24, 2.45) is 0 Å². The molecule has 0 unspecified atom stereocenters. The highest BCUT2D eigenvalue weighted by atomic mass is 32.2. The SMILES string of the molecule is Cc1ccc(Sc2ccc(/C=C(\C#N)C(=O)Nc3ccc4ccccc4c3)cc2)cc1. The first-order chi connectivity index (χ1) is 15.1. The number of nitriles is 1. The van der Waals surface area contributed by atoms with Gasteiger partial charge < -0.3 is 5.32 Å². The van der Waals surface area contributed by atoms with Crippen LogP contribution in [0.1, 0.15) is 11.1 Å². The van der Waals surface area contributed by atoms with Gasteiger partial charge in [0.05, 0.1) is 0 Å². The van der Waals surface area contributed by atoms with Crippen LogP contribution in [0.25, 0.3) is 16.8 Å². The highest BCUT2D eigenvalue weighted by Gasteiger charge is 2.10. The quantitative estimate of drug-likeness (QED) is 0.284. The fourth-order valence-electron chi connectivity index (χ4n) is 3.16. The van der Waals surface area contributed by atoms with Crippen molar-refractivity contribution >= 4 is 40.2 Å². The Bertz CT molecular complexity index is 1300. The molecule has 4 heteroatoms. The van der Waals surface area contributed by atoms with E-state index in [1.807, 2.05) is 72.8 Å². The van der Waals surface area contributed by atoms with E-state index in [-0.39, 0.29) is 5.57 Å². The van der Waals surface area contributed by atoms with Crippen molar-refractivity contribution < 1.29 is 4.79 Å². The van der Waals surface area contributed by atoms with Crippen molar-refractivity contribution in [2.75, 3.05) is 5.32 Å². The molecular formula is C27H20N2OS. The van der Waals surface area contributed by atoms with Crippen LogP contribution in [0.15, 0.2) is 106 Å². The number of amides is 1. The molecule has 150 valence electrons. The van der Waals surface area contributed by atoms with Gasteiger partial charge in [-0.25, -0.2) is 0 Å². The van der Waals surface area contributed by atoms with Crippen LogP contribution in [0.2, 0.25) is 0 Å². The van der Waals surface area contributed by atoms with Gasteiger partial charge in [0.1, 0.15) is 11.6 Å². The summed E-state index contributed by atoms with van der Waals surface area (Å²) in [4.78, 5) is 14.9. The van der Waals surface area contributed by atoms with Gasteiger partial charge in [0.25, 0.3) is 5.91 Å². The van der Waals surface area contributed by atoms with Crippen LogP contribution in [0, 0.1) is 18.3 Å². The van der Waals surface area contributed by atoms with E-state index in [0.29, 0.717) is 5.69 Å². The minimum atomic E-state index is -0.420. The zero-order valence-corrected chi connectivity index (χ0v) is 17.8. The second-order valence-corrected chi connectivity index (χ2v) is 8.32. The maximum absolute atomic E-state index is 12.6. The number of hydrogen-bond donors (Lipinski definition) is 1. The molecule has 4 rings (SSSR count). The van der Waals surface area contributed by atoms with Crippen LogP contribution in [-0.2, 0) is 4.79 Å². The normalized spacial score (nSPS) is 11.2.